The van der Waals surface area contributed by atoms with Crippen LogP contribution in [0.1, 0.15) is 26.3 Å². The van der Waals surface area contributed by atoms with Gasteiger partial charge in [0.05, 0.1) is 0 Å². The van der Waals surface area contributed by atoms with Crippen molar-refractivity contribution in [2.24, 2.45) is 26.1 Å². The summed E-state index contributed by atoms with van der Waals surface area (Å²) in [6, 6.07) is 6.94. The first-order valence-corrected chi connectivity index (χ1v) is 5.68. The quantitative estimate of drug-likeness (QED) is 0.772. The predicted molar refractivity (Wildman–Crippen MR) is 67.1 cm³/mol. The van der Waals surface area contributed by atoms with Crippen LogP contribution in [-0.4, -0.2) is 17.2 Å². The van der Waals surface area contributed by atoms with E-state index in [0.29, 0.717) is 11.0 Å². The molecule has 1 aliphatic heterocycles. The summed E-state index contributed by atoms with van der Waals surface area (Å²) in [7, 11) is -1.58. The lowest BCUT2D eigenvalue weighted by atomic mass is 9.68. The third kappa shape index (κ3) is 1.85. The largest absolute Gasteiger partial charge is 0.488 e. The van der Waals surface area contributed by atoms with Crippen LogP contribution in [0.5, 0.6) is 0 Å². The standard InChI is InChI=1S/C11H15BN4O2/c1-10(2,3)11(13-15-16-14-11)8-6-4-5-7-9(8)12(17)18/h4-7,17-18H,1-3H3. The van der Waals surface area contributed by atoms with E-state index in [-0.39, 0.29) is 5.41 Å². The van der Waals surface area contributed by atoms with Gasteiger partial charge >= 0.3 is 7.12 Å². The molecule has 0 amide bonds. The summed E-state index contributed by atoms with van der Waals surface area (Å²) in [6.07, 6.45) is 0. The Kier molecular flexibility index (Phi) is 3.04. The zero-order valence-corrected chi connectivity index (χ0v) is 10.6. The van der Waals surface area contributed by atoms with Gasteiger partial charge in [0.2, 0.25) is 5.66 Å². The molecule has 0 aliphatic carbocycles. The molecule has 0 spiro atoms. The van der Waals surface area contributed by atoms with Crippen LogP contribution < -0.4 is 5.46 Å². The molecule has 1 heterocycles. The van der Waals surface area contributed by atoms with Crippen molar-refractivity contribution in [1.82, 2.24) is 0 Å². The molecule has 1 aliphatic rings. The summed E-state index contributed by atoms with van der Waals surface area (Å²) < 4.78 is 0. The van der Waals surface area contributed by atoms with Crippen molar-refractivity contribution >= 4 is 12.6 Å². The van der Waals surface area contributed by atoms with Gasteiger partial charge in [-0.3, -0.25) is 0 Å². The summed E-state index contributed by atoms with van der Waals surface area (Å²) in [4.78, 5) is 0. The molecular weight excluding hydrogens is 231 g/mol. The van der Waals surface area contributed by atoms with Crippen molar-refractivity contribution in [1.29, 1.82) is 0 Å². The van der Waals surface area contributed by atoms with E-state index in [2.05, 4.69) is 20.7 Å². The van der Waals surface area contributed by atoms with E-state index >= 15 is 0 Å². The van der Waals surface area contributed by atoms with Crippen molar-refractivity contribution in [2.75, 3.05) is 0 Å². The first kappa shape index (κ1) is 12.9. The van der Waals surface area contributed by atoms with Crippen LogP contribution in [-0.2, 0) is 5.66 Å². The van der Waals surface area contributed by atoms with Crippen LogP contribution in [0.4, 0.5) is 0 Å². The van der Waals surface area contributed by atoms with E-state index in [1.165, 1.54) is 0 Å². The number of hydrogen-bond donors (Lipinski definition) is 2. The van der Waals surface area contributed by atoms with Crippen molar-refractivity contribution in [3.05, 3.63) is 29.8 Å². The van der Waals surface area contributed by atoms with Crippen molar-refractivity contribution in [2.45, 2.75) is 26.4 Å². The van der Waals surface area contributed by atoms with Gasteiger partial charge in [-0.05, 0) is 15.9 Å². The molecule has 0 saturated heterocycles. The van der Waals surface area contributed by atoms with Gasteiger partial charge in [0.1, 0.15) is 0 Å². The second-order valence-corrected chi connectivity index (χ2v) is 5.26. The first-order valence-electron chi connectivity index (χ1n) is 5.68. The molecule has 18 heavy (non-hydrogen) atoms. The molecule has 94 valence electrons. The van der Waals surface area contributed by atoms with Crippen LogP contribution in [0.2, 0.25) is 0 Å². The van der Waals surface area contributed by atoms with E-state index in [0.717, 1.165) is 0 Å². The molecule has 7 heteroatoms. The zero-order valence-electron chi connectivity index (χ0n) is 10.6. The minimum atomic E-state index is -1.58. The summed E-state index contributed by atoms with van der Waals surface area (Å²) >= 11 is 0. The van der Waals surface area contributed by atoms with E-state index in [9.17, 15) is 10.0 Å². The fraction of sp³-hybridized carbons (Fsp3) is 0.455. The normalized spacial score (nSPS) is 17.2. The van der Waals surface area contributed by atoms with Gasteiger partial charge in [0, 0.05) is 11.0 Å². The molecule has 0 aromatic heterocycles. The highest BCUT2D eigenvalue weighted by molar-refractivity contribution is 6.59. The van der Waals surface area contributed by atoms with Crippen LogP contribution in [0.3, 0.4) is 0 Å². The monoisotopic (exact) mass is 246 g/mol. The van der Waals surface area contributed by atoms with Crippen LogP contribution in [0, 0.1) is 5.41 Å². The highest BCUT2D eigenvalue weighted by Crippen LogP contribution is 2.46. The van der Waals surface area contributed by atoms with Gasteiger partial charge in [0.15, 0.2) is 0 Å². The smallest absolute Gasteiger partial charge is 0.423 e. The molecular formula is C11H15BN4O2. The maximum Gasteiger partial charge on any atom is 0.488 e. The van der Waals surface area contributed by atoms with E-state index in [1.807, 2.05) is 20.8 Å². The lowest BCUT2D eigenvalue weighted by Crippen LogP contribution is -2.44. The Morgan fingerprint density at radius 1 is 1.06 bits per heavy atom. The van der Waals surface area contributed by atoms with Crippen LogP contribution >= 0.6 is 0 Å². The van der Waals surface area contributed by atoms with E-state index in [4.69, 9.17) is 0 Å². The molecule has 0 unspecified atom stereocenters. The summed E-state index contributed by atoms with van der Waals surface area (Å²) in [5, 5.41) is 34.4. The Bertz CT molecular complexity index is 496. The molecule has 6 nitrogen and oxygen atoms in total. The van der Waals surface area contributed by atoms with Crippen LogP contribution in [0.25, 0.3) is 0 Å². The molecule has 0 fully saturated rings. The van der Waals surface area contributed by atoms with Gasteiger partial charge in [-0.15, -0.1) is 10.2 Å². The fourth-order valence-electron chi connectivity index (χ4n) is 2.04. The summed E-state index contributed by atoms with van der Waals surface area (Å²) in [5.74, 6) is 0. The van der Waals surface area contributed by atoms with Crippen LogP contribution in [0.15, 0.2) is 44.9 Å². The maximum atomic E-state index is 9.46. The number of rotatable bonds is 2. The minimum absolute atomic E-state index is 0.368. The second kappa shape index (κ2) is 4.26. The Morgan fingerprint density at radius 3 is 2.11 bits per heavy atom. The SMILES string of the molecule is CC(C)(C)C1(c2ccccc2B(O)O)N=NN=N1. The predicted octanol–water partition coefficient (Wildman–Crippen LogP) is 1.40. The highest BCUT2D eigenvalue weighted by Gasteiger charge is 2.49. The third-order valence-corrected chi connectivity index (χ3v) is 3.08. The third-order valence-electron chi connectivity index (χ3n) is 3.08. The molecule has 1 aromatic carbocycles. The van der Waals surface area contributed by atoms with Gasteiger partial charge < -0.3 is 10.0 Å². The highest BCUT2D eigenvalue weighted by atomic mass is 16.4. The van der Waals surface area contributed by atoms with Gasteiger partial charge in [-0.25, -0.2) is 0 Å². The molecule has 0 bridgehead atoms. The minimum Gasteiger partial charge on any atom is -0.423 e. The Hall–Kier alpha value is -1.60. The topological polar surface area (TPSA) is 89.9 Å². The molecule has 2 N–H and O–H groups in total. The average molecular weight is 246 g/mol. The van der Waals surface area contributed by atoms with E-state index in [1.54, 1.807) is 24.3 Å². The molecule has 1 aromatic rings. The molecule has 2 rings (SSSR count). The first-order chi connectivity index (χ1) is 8.38. The Labute approximate surface area is 106 Å². The Balaban J connectivity index is 2.66. The summed E-state index contributed by atoms with van der Waals surface area (Å²) in [5.41, 5.74) is -0.417. The van der Waals surface area contributed by atoms with Gasteiger partial charge in [0.25, 0.3) is 0 Å². The zero-order chi connectivity index (χ0) is 13.4. The molecule has 0 atom stereocenters. The fourth-order valence-corrected chi connectivity index (χ4v) is 2.04. The number of nitrogens with zero attached hydrogens (tertiary/aromatic N) is 4. The lowest BCUT2D eigenvalue weighted by molar-refractivity contribution is 0.198. The van der Waals surface area contributed by atoms with Gasteiger partial charge in [-0.1, -0.05) is 45.0 Å². The van der Waals surface area contributed by atoms with Crippen molar-refractivity contribution in [3.63, 3.8) is 0 Å². The lowest BCUT2D eigenvalue weighted by Gasteiger charge is -2.35. The van der Waals surface area contributed by atoms with Gasteiger partial charge in [-0.2, -0.15) is 0 Å². The number of benzene rings is 1. The number of hydrogen-bond acceptors (Lipinski definition) is 6. The van der Waals surface area contributed by atoms with E-state index < -0.39 is 12.8 Å². The maximum absolute atomic E-state index is 9.46. The second-order valence-electron chi connectivity index (χ2n) is 5.26. The molecule has 0 radical (unpaired) electrons. The molecule has 0 saturated carbocycles. The summed E-state index contributed by atoms with van der Waals surface area (Å²) in [6.45, 7) is 5.87. The average Bonchev–Trinajstić information content (AvgIpc) is 2.78. The van der Waals surface area contributed by atoms with Crippen molar-refractivity contribution in [3.8, 4) is 0 Å². The Morgan fingerprint density at radius 2 is 1.61 bits per heavy atom. The van der Waals surface area contributed by atoms with Crippen molar-refractivity contribution < 1.29 is 10.0 Å².